The molecule has 0 saturated carbocycles. The standard InChI is InChI=1S/C15H22N2O3.ClH/c1-20-15(5-7-16-8-6-15)14(19)17-10-12-3-2-4-13(9-12)11-18;/h2-4,9,16,18H,5-8,10-11H2,1H3,(H,17,19);1H. The number of aliphatic hydroxyl groups is 1. The third-order valence-electron chi connectivity index (χ3n) is 3.84. The summed E-state index contributed by atoms with van der Waals surface area (Å²) in [5, 5.41) is 15.3. The van der Waals surface area contributed by atoms with Crippen LogP contribution in [0.1, 0.15) is 24.0 Å². The SMILES string of the molecule is COC1(C(=O)NCc2cccc(CO)c2)CCNCC1.Cl. The van der Waals surface area contributed by atoms with Crippen LogP contribution in [0, 0.1) is 0 Å². The van der Waals surface area contributed by atoms with Crippen molar-refractivity contribution in [1.82, 2.24) is 10.6 Å². The molecule has 1 heterocycles. The summed E-state index contributed by atoms with van der Waals surface area (Å²) in [4.78, 5) is 12.4. The number of rotatable bonds is 5. The van der Waals surface area contributed by atoms with Gasteiger partial charge >= 0.3 is 0 Å². The van der Waals surface area contributed by atoms with E-state index in [0.717, 1.165) is 24.2 Å². The van der Waals surface area contributed by atoms with Crippen LogP contribution in [0.15, 0.2) is 24.3 Å². The minimum Gasteiger partial charge on any atom is -0.392 e. The second kappa shape index (κ2) is 8.34. The molecule has 0 atom stereocenters. The summed E-state index contributed by atoms with van der Waals surface area (Å²) in [5.41, 5.74) is 1.12. The number of piperidine rings is 1. The molecule has 3 N–H and O–H groups in total. The number of hydrogen-bond acceptors (Lipinski definition) is 4. The highest BCUT2D eigenvalue weighted by Crippen LogP contribution is 2.22. The number of methoxy groups -OCH3 is 1. The van der Waals surface area contributed by atoms with E-state index in [4.69, 9.17) is 9.84 Å². The van der Waals surface area contributed by atoms with Crippen LogP contribution >= 0.6 is 12.4 Å². The fourth-order valence-electron chi connectivity index (χ4n) is 2.54. The van der Waals surface area contributed by atoms with E-state index in [2.05, 4.69) is 10.6 Å². The predicted molar refractivity (Wildman–Crippen MR) is 83.3 cm³/mol. The van der Waals surface area contributed by atoms with Crippen molar-refractivity contribution in [3.8, 4) is 0 Å². The molecule has 0 radical (unpaired) electrons. The molecule has 1 aliphatic rings. The number of ether oxygens (including phenoxy) is 1. The van der Waals surface area contributed by atoms with Gasteiger partial charge in [0.2, 0.25) is 0 Å². The van der Waals surface area contributed by atoms with Crippen molar-refractivity contribution in [2.45, 2.75) is 31.6 Å². The lowest BCUT2D eigenvalue weighted by Crippen LogP contribution is -2.53. The lowest BCUT2D eigenvalue weighted by molar-refractivity contribution is -0.146. The Morgan fingerprint density at radius 1 is 1.38 bits per heavy atom. The average Bonchev–Trinajstić information content (AvgIpc) is 2.53. The summed E-state index contributed by atoms with van der Waals surface area (Å²) in [6.45, 7) is 2.04. The fourth-order valence-corrected chi connectivity index (χ4v) is 2.54. The van der Waals surface area contributed by atoms with E-state index in [0.29, 0.717) is 19.4 Å². The van der Waals surface area contributed by atoms with Gasteiger partial charge in [-0.1, -0.05) is 24.3 Å². The third kappa shape index (κ3) is 4.41. The number of benzene rings is 1. The average molecular weight is 315 g/mol. The van der Waals surface area contributed by atoms with Crippen LogP contribution in [0.25, 0.3) is 0 Å². The molecule has 0 spiro atoms. The Kier molecular flexibility index (Phi) is 7.11. The van der Waals surface area contributed by atoms with Crippen molar-refractivity contribution in [2.24, 2.45) is 0 Å². The van der Waals surface area contributed by atoms with Gasteiger partial charge in [-0.25, -0.2) is 0 Å². The third-order valence-corrected chi connectivity index (χ3v) is 3.84. The molecule has 1 amide bonds. The quantitative estimate of drug-likeness (QED) is 0.758. The highest BCUT2D eigenvalue weighted by Gasteiger charge is 2.39. The summed E-state index contributed by atoms with van der Waals surface area (Å²) >= 11 is 0. The second-order valence-corrected chi connectivity index (χ2v) is 5.11. The largest absolute Gasteiger partial charge is 0.392 e. The highest BCUT2D eigenvalue weighted by atomic mass is 35.5. The molecule has 0 unspecified atom stereocenters. The van der Waals surface area contributed by atoms with Gasteiger partial charge in [-0.05, 0) is 37.1 Å². The molecule has 1 saturated heterocycles. The Hall–Kier alpha value is -1.14. The number of carbonyl (C=O) groups excluding carboxylic acids is 1. The molecular weight excluding hydrogens is 292 g/mol. The summed E-state index contributed by atoms with van der Waals surface area (Å²) < 4.78 is 5.48. The first kappa shape index (κ1) is 17.9. The highest BCUT2D eigenvalue weighted by molar-refractivity contribution is 5.85. The van der Waals surface area contributed by atoms with E-state index in [-0.39, 0.29) is 24.9 Å². The van der Waals surface area contributed by atoms with Crippen LogP contribution in [0.5, 0.6) is 0 Å². The van der Waals surface area contributed by atoms with Crippen LogP contribution in [-0.4, -0.2) is 36.8 Å². The summed E-state index contributed by atoms with van der Waals surface area (Å²) in [5.74, 6) is -0.0594. The number of carbonyl (C=O) groups is 1. The maximum atomic E-state index is 12.4. The number of halogens is 1. The van der Waals surface area contributed by atoms with Gasteiger partial charge < -0.3 is 20.5 Å². The normalized spacial score (nSPS) is 16.9. The summed E-state index contributed by atoms with van der Waals surface area (Å²) in [6, 6.07) is 7.56. The number of nitrogens with one attached hydrogen (secondary N) is 2. The van der Waals surface area contributed by atoms with Gasteiger partial charge in [-0.15, -0.1) is 12.4 Å². The lowest BCUT2D eigenvalue weighted by atomic mass is 9.91. The first-order valence-electron chi connectivity index (χ1n) is 6.93. The zero-order valence-electron chi connectivity index (χ0n) is 12.2. The van der Waals surface area contributed by atoms with Crippen molar-refractivity contribution in [2.75, 3.05) is 20.2 Å². The lowest BCUT2D eigenvalue weighted by Gasteiger charge is -2.34. The zero-order valence-corrected chi connectivity index (χ0v) is 13.0. The fraction of sp³-hybridized carbons (Fsp3) is 0.533. The first-order valence-corrected chi connectivity index (χ1v) is 6.93. The van der Waals surface area contributed by atoms with Crippen molar-refractivity contribution in [3.05, 3.63) is 35.4 Å². The molecular formula is C15H23ClN2O3. The monoisotopic (exact) mass is 314 g/mol. The van der Waals surface area contributed by atoms with Crippen LogP contribution in [0.4, 0.5) is 0 Å². The molecule has 118 valence electrons. The van der Waals surface area contributed by atoms with Crippen LogP contribution in [0.2, 0.25) is 0 Å². The van der Waals surface area contributed by atoms with Crippen LogP contribution in [-0.2, 0) is 22.7 Å². The molecule has 0 bridgehead atoms. The molecule has 0 aliphatic carbocycles. The van der Waals surface area contributed by atoms with Crippen LogP contribution < -0.4 is 10.6 Å². The van der Waals surface area contributed by atoms with Gasteiger partial charge in [0.1, 0.15) is 5.60 Å². The molecule has 5 nitrogen and oxygen atoms in total. The van der Waals surface area contributed by atoms with Crippen molar-refractivity contribution in [3.63, 3.8) is 0 Å². The molecule has 1 aromatic rings. The summed E-state index contributed by atoms with van der Waals surface area (Å²) in [6.07, 6.45) is 1.37. The Bertz CT molecular complexity index is 462. The smallest absolute Gasteiger partial charge is 0.252 e. The van der Waals surface area contributed by atoms with Crippen molar-refractivity contribution >= 4 is 18.3 Å². The number of amides is 1. The maximum Gasteiger partial charge on any atom is 0.252 e. The topological polar surface area (TPSA) is 70.6 Å². The Balaban J connectivity index is 0.00000220. The van der Waals surface area contributed by atoms with Crippen LogP contribution in [0.3, 0.4) is 0 Å². The number of aliphatic hydroxyl groups excluding tert-OH is 1. The van der Waals surface area contributed by atoms with E-state index >= 15 is 0 Å². The van der Waals surface area contributed by atoms with Crippen molar-refractivity contribution < 1.29 is 14.6 Å². The minimum atomic E-state index is -0.708. The van der Waals surface area contributed by atoms with E-state index in [1.807, 2.05) is 24.3 Å². The molecule has 2 rings (SSSR count). The number of hydrogen-bond donors (Lipinski definition) is 3. The Morgan fingerprint density at radius 2 is 2.05 bits per heavy atom. The van der Waals surface area contributed by atoms with E-state index in [1.165, 1.54) is 0 Å². The van der Waals surface area contributed by atoms with Gasteiger partial charge in [-0.3, -0.25) is 4.79 Å². The van der Waals surface area contributed by atoms with E-state index in [9.17, 15) is 4.79 Å². The van der Waals surface area contributed by atoms with Crippen molar-refractivity contribution in [1.29, 1.82) is 0 Å². The van der Waals surface area contributed by atoms with E-state index in [1.54, 1.807) is 7.11 Å². The predicted octanol–water partition coefficient (Wildman–Crippen LogP) is 0.985. The van der Waals surface area contributed by atoms with Gasteiger partial charge in [0, 0.05) is 13.7 Å². The molecule has 1 aromatic carbocycles. The van der Waals surface area contributed by atoms with Gasteiger partial charge in [-0.2, -0.15) is 0 Å². The molecule has 0 aromatic heterocycles. The molecule has 21 heavy (non-hydrogen) atoms. The van der Waals surface area contributed by atoms with Gasteiger partial charge in [0.05, 0.1) is 6.61 Å². The Labute approximate surface area is 131 Å². The Morgan fingerprint density at radius 3 is 2.67 bits per heavy atom. The second-order valence-electron chi connectivity index (χ2n) is 5.11. The summed E-state index contributed by atoms with van der Waals surface area (Å²) in [7, 11) is 1.59. The van der Waals surface area contributed by atoms with Gasteiger partial charge in [0.25, 0.3) is 5.91 Å². The van der Waals surface area contributed by atoms with Gasteiger partial charge in [0.15, 0.2) is 0 Å². The first-order chi connectivity index (χ1) is 9.70. The molecule has 1 aliphatic heterocycles. The zero-order chi connectivity index (χ0) is 14.4. The van der Waals surface area contributed by atoms with E-state index < -0.39 is 5.60 Å². The molecule has 1 fully saturated rings. The minimum absolute atomic E-state index is 0. The molecule has 6 heteroatoms. The maximum absolute atomic E-state index is 12.4.